The summed E-state index contributed by atoms with van der Waals surface area (Å²) in [7, 11) is -2.67. The number of carbonyl (C=O) groups is 1. The Kier molecular flexibility index (Phi) is 9.36. The number of nitrogen functional groups attached to an aromatic ring is 1. The number of imidazole rings is 1. The van der Waals surface area contributed by atoms with Gasteiger partial charge in [-0.15, -0.1) is 0 Å². The third-order valence-corrected chi connectivity index (χ3v) is 7.56. The highest BCUT2D eigenvalue weighted by molar-refractivity contribution is 7.52. The summed E-state index contributed by atoms with van der Waals surface area (Å²) in [4.78, 5) is 25.1. The highest BCUT2D eigenvalue weighted by Crippen LogP contribution is 2.46. The fourth-order valence-electron chi connectivity index (χ4n) is 4.08. The normalized spacial score (nSPS) is 23.3. The van der Waals surface area contributed by atoms with Crippen LogP contribution in [0.25, 0.3) is 11.2 Å². The monoisotopic (exact) mass is 579 g/mol. The van der Waals surface area contributed by atoms with E-state index in [2.05, 4.69) is 20.0 Å². The third-order valence-electron chi connectivity index (χ3n) is 5.92. The molecule has 16 heteroatoms. The molecule has 1 aliphatic heterocycles. The van der Waals surface area contributed by atoms with E-state index < -0.39 is 50.8 Å². The molecule has 2 aromatic heterocycles. The van der Waals surface area contributed by atoms with Crippen molar-refractivity contribution in [1.29, 1.82) is 0 Å². The number of hydrogen-bond donors (Lipinski definition) is 4. The minimum Gasteiger partial charge on any atom is -0.462 e. The van der Waals surface area contributed by atoms with Crippen molar-refractivity contribution in [2.75, 3.05) is 19.5 Å². The summed E-state index contributed by atoms with van der Waals surface area (Å²) in [5, 5.41) is 13.5. The Hall–Kier alpha value is -3.17. The second-order valence-corrected chi connectivity index (χ2v) is 11.1. The SMILES string of the molecule is COCc1nc(N)nc2c1ncn2[C@@H]1O[C@H](COP(=O)(N[C@@H](C)C(=O)OC(C)C)Oc2ccccc2)[C@@H](O)[C@H]1N. The van der Waals surface area contributed by atoms with E-state index in [1.807, 2.05) is 0 Å². The molecule has 6 N–H and O–H groups in total. The van der Waals surface area contributed by atoms with Crippen LogP contribution in [0.5, 0.6) is 5.75 Å². The van der Waals surface area contributed by atoms with Gasteiger partial charge in [0.05, 0.1) is 37.4 Å². The van der Waals surface area contributed by atoms with Gasteiger partial charge in [0, 0.05) is 7.11 Å². The van der Waals surface area contributed by atoms with E-state index in [0.29, 0.717) is 16.9 Å². The summed E-state index contributed by atoms with van der Waals surface area (Å²) in [6, 6.07) is 6.32. The van der Waals surface area contributed by atoms with Crippen LogP contribution in [0.3, 0.4) is 0 Å². The van der Waals surface area contributed by atoms with Crippen molar-refractivity contribution in [1.82, 2.24) is 24.6 Å². The molecule has 15 nitrogen and oxygen atoms in total. The Morgan fingerprint density at radius 2 is 1.98 bits per heavy atom. The predicted octanol–water partition coefficient (Wildman–Crippen LogP) is 1.27. The standard InChI is InChI=1S/C24H34N7O8P/c1-13(2)37-23(33)14(3)30-40(34,39-15-8-6-5-7-9-15)36-11-17-20(32)18(25)22(38-17)31-12-27-19-16(10-35-4)28-24(26)29-21(19)31/h5-9,12-14,17-18,20,22,32H,10-11,25H2,1-4H3,(H,30,34)(H2,26,28,29)/t14-,17+,18+,20+,22+,40?/m0/s1. The predicted molar refractivity (Wildman–Crippen MR) is 143 cm³/mol. The number of ether oxygens (including phenoxy) is 3. The molecule has 0 aliphatic carbocycles. The third kappa shape index (κ3) is 6.75. The molecule has 40 heavy (non-hydrogen) atoms. The number of aromatic nitrogens is 4. The lowest BCUT2D eigenvalue weighted by Crippen LogP contribution is -2.41. The first kappa shape index (κ1) is 29.8. The highest BCUT2D eigenvalue weighted by Gasteiger charge is 2.45. The van der Waals surface area contributed by atoms with Gasteiger partial charge in [-0.25, -0.2) is 14.5 Å². The van der Waals surface area contributed by atoms with E-state index in [4.69, 9.17) is 34.7 Å². The van der Waals surface area contributed by atoms with Crippen molar-refractivity contribution in [3.05, 3.63) is 42.4 Å². The van der Waals surface area contributed by atoms with Gasteiger partial charge in [-0.1, -0.05) is 18.2 Å². The first-order valence-electron chi connectivity index (χ1n) is 12.6. The number of anilines is 1. The highest BCUT2D eigenvalue weighted by atomic mass is 31.2. The number of nitrogens with two attached hydrogens (primary N) is 2. The molecule has 0 amide bonds. The molecule has 1 aliphatic rings. The molecule has 1 unspecified atom stereocenters. The van der Waals surface area contributed by atoms with Crippen LogP contribution in [0.15, 0.2) is 36.7 Å². The zero-order valence-corrected chi connectivity index (χ0v) is 23.4. The molecule has 1 fully saturated rings. The average molecular weight is 580 g/mol. The van der Waals surface area contributed by atoms with Crippen molar-refractivity contribution < 1.29 is 37.7 Å². The molecule has 0 bridgehead atoms. The van der Waals surface area contributed by atoms with Crippen LogP contribution in [0.2, 0.25) is 0 Å². The first-order chi connectivity index (χ1) is 19.0. The number of aliphatic hydroxyl groups excluding tert-OH is 1. The molecule has 0 saturated carbocycles. The van der Waals surface area contributed by atoms with Crippen LogP contribution < -0.4 is 21.1 Å². The van der Waals surface area contributed by atoms with E-state index in [-0.39, 0.29) is 24.4 Å². The van der Waals surface area contributed by atoms with Crippen LogP contribution in [0.4, 0.5) is 5.95 Å². The molecular weight excluding hydrogens is 545 g/mol. The molecule has 1 aromatic carbocycles. The zero-order chi connectivity index (χ0) is 29.0. The molecule has 0 spiro atoms. The maximum Gasteiger partial charge on any atom is 0.459 e. The maximum absolute atomic E-state index is 13.8. The van der Waals surface area contributed by atoms with Crippen LogP contribution >= 0.6 is 7.75 Å². The summed E-state index contributed by atoms with van der Waals surface area (Å²) < 4.78 is 43.0. The Bertz CT molecular complexity index is 1360. The average Bonchev–Trinajstić information content (AvgIpc) is 3.43. The number of aliphatic hydroxyl groups is 1. The van der Waals surface area contributed by atoms with Gasteiger partial charge in [0.15, 0.2) is 11.9 Å². The summed E-state index contributed by atoms with van der Waals surface area (Å²) in [5.74, 6) is -0.404. The summed E-state index contributed by atoms with van der Waals surface area (Å²) >= 11 is 0. The lowest BCUT2D eigenvalue weighted by atomic mass is 10.1. The second-order valence-electron chi connectivity index (χ2n) is 9.45. The van der Waals surface area contributed by atoms with Crippen molar-refractivity contribution in [2.24, 2.45) is 5.73 Å². The van der Waals surface area contributed by atoms with E-state index in [1.54, 1.807) is 44.2 Å². The van der Waals surface area contributed by atoms with Crippen LogP contribution in [0.1, 0.15) is 32.7 Å². The maximum atomic E-state index is 13.8. The largest absolute Gasteiger partial charge is 0.462 e. The van der Waals surface area contributed by atoms with E-state index in [0.717, 1.165) is 0 Å². The minimum absolute atomic E-state index is 0.00323. The molecule has 6 atom stereocenters. The molecule has 218 valence electrons. The van der Waals surface area contributed by atoms with E-state index in [9.17, 15) is 14.5 Å². The van der Waals surface area contributed by atoms with E-state index in [1.165, 1.54) is 24.9 Å². The Labute approximate surface area is 230 Å². The zero-order valence-electron chi connectivity index (χ0n) is 22.5. The van der Waals surface area contributed by atoms with Gasteiger partial charge in [-0.05, 0) is 32.9 Å². The van der Waals surface area contributed by atoms with E-state index >= 15 is 0 Å². The van der Waals surface area contributed by atoms with Gasteiger partial charge in [0.25, 0.3) is 0 Å². The van der Waals surface area contributed by atoms with Crippen LogP contribution in [-0.4, -0.2) is 74.7 Å². The van der Waals surface area contributed by atoms with Crippen LogP contribution in [-0.2, 0) is 34.7 Å². The van der Waals surface area contributed by atoms with Crippen molar-refractivity contribution in [3.63, 3.8) is 0 Å². The number of fused-ring (bicyclic) bond motifs is 1. The lowest BCUT2D eigenvalue weighted by molar-refractivity contribution is -0.149. The second kappa shape index (κ2) is 12.6. The Morgan fingerprint density at radius 1 is 1.25 bits per heavy atom. The van der Waals surface area contributed by atoms with Gasteiger partial charge < -0.3 is 35.3 Å². The number of methoxy groups -OCH3 is 1. The fraction of sp³-hybridized carbons (Fsp3) is 0.500. The number of nitrogens with one attached hydrogen (secondary N) is 1. The molecule has 1 saturated heterocycles. The number of para-hydroxylation sites is 1. The summed E-state index contributed by atoms with van der Waals surface area (Å²) in [5.41, 5.74) is 13.4. The molecule has 3 heterocycles. The molecule has 3 aromatic rings. The molecule has 4 rings (SSSR count). The number of hydrogen-bond acceptors (Lipinski definition) is 13. The van der Waals surface area contributed by atoms with Crippen LogP contribution in [0, 0.1) is 0 Å². The topological polar surface area (TPSA) is 208 Å². The number of nitrogens with zero attached hydrogens (tertiary/aromatic N) is 4. The Balaban J connectivity index is 1.52. The number of benzene rings is 1. The number of rotatable bonds is 12. The van der Waals surface area contributed by atoms with Gasteiger partial charge >= 0.3 is 13.7 Å². The van der Waals surface area contributed by atoms with Crippen molar-refractivity contribution in [2.45, 2.75) is 64.0 Å². The summed E-state index contributed by atoms with van der Waals surface area (Å²) in [6.45, 7) is 4.62. The smallest absolute Gasteiger partial charge is 0.459 e. The van der Waals surface area contributed by atoms with Gasteiger partial charge in [-0.2, -0.15) is 10.1 Å². The van der Waals surface area contributed by atoms with Gasteiger partial charge in [0.2, 0.25) is 5.95 Å². The van der Waals surface area contributed by atoms with Crippen molar-refractivity contribution >= 4 is 30.8 Å². The fourth-order valence-corrected chi connectivity index (χ4v) is 5.58. The Morgan fingerprint density at radius 3 is 2.65 bits per heavy atom. The quantitative estimate of drug-likeness (QED) is 0.176. The molecule has 0 radical (unpaired) electrons. The minimum atomic E-state index is -4.19. The molecular formula is C24H34N7O8P. The number of esters is 1. The lowest BCUT2D eigenvalue weighted by Gasteiger charge is -2.25. The van der Waals surface area contributed by atoms with Crippen molar-refractivity contribution in [3.8, 4) is 5.75 Å². The van der Waals surface area contributed by atoms with Gasteiger partial charge in [0.1, 0.15) is 29.5 Å². The first-order valence-corrected chi connectivity index (χ1v) is 14.1. The van der Waals surface area contributed by atoms with Gasteiger partial charge in [-0.3, -0.25) is 13.9 Å². The number of carbonyl (C=O) groups excluding carboxylic acids is 1. The summed E-state index contributed by atoms with van der Waals surface area (Å²) in [6.07, 6.45) is -2.10.